The molecular formula is C13H23NO. The van der Waals surface area contributed by atoms with Gasteiger partial charge in [0.15, 0.2) is 0 Å². The third-order valence-corrected chi connectivity index (χ3v) is 4.59. The first-order valence-electron chi connectivity index (χ1n) is 6.04. The van der Waals surface area contributed by atoms with Crippen molar-refractivity contribution in [3.8, 4) is 0 Å². The first-order chi connectivity index (χ1) is 6.85. The van der Waals surface area contributed by atoms with Gasteiger partial charge in [0.1, 0.15) is 5.78 Å². The van der Waals surface area contributed by atoms with Crippen LogP contribution in [-0.2, 0) is 4.79 Å². The van der Waals surface area contributed by atoms with Gasteiger partial charge in [0.25, 0.3) is 0 Å². The summed E-state index contributed by atoms with van der Waals surface area (Å²) in [7, 11) is 4.13. The van der Waals surface area contributed by atoms with Crippen LogP contribution in [0.1, 0.15) is 27.2 Å². The number of fused-ring (bicyclic) bond motifs is 1. The number of hydrogen-bond acceptors (Lipinski definition) is 2. The topological polar surface area (TPSA) is 20.3 Å². The van der Waals surface area contributed by atoms with E-state index in [9.17, 15) is 4.79 Å². The molecule has 0 aromatic carbocycles. The van der Waals surface area contributed by atoms with Crippen LogP contribution in [0.3, 0.4) is 0 Å². The van der Waals surface area contributed by atoms with Crippen molar-refractivity contribution < 1.29 is 4.79 Å². The van der Waals surface area contributed by atoms with Crippen LogP contribution in [-0.4, -0.2) is 31.3 Å². The zero-order chi connectivity index (χ0) is 11.4. The first kappa shape index (κ1) is 11.1. The molecule has 2 aliphatic carbocycles. The molecule has 2 fully saturated rings. The minimum Gasteiger partial charge on any atom is -0.309 e. The predicted molar refractivity (Wildman–Crippen MR) is 61.6 cm³/mol. The van der Waals surface area contributed by atoms with Crippen LogP contribution in [0.5, 0.6) is 0 Å². The van der Waals surface area contributed by atoms with E-state index in [1.54, 1.807) is 0 Å². The molecule has 15 heavy (non-hydrogen) atoms. The quantitative estimate of drug-likeness (QED) is 0.693. The lowest BCUT2D eigenvalue weighted by Crippen LogP contribution is -2.36. The van der Waals surface area contributed by atoms with E-state index in [4.69, 9.17) is 0 Å². The summed E-state index contributed by atoms with van der Waals surface area (Å²) in [5, 5.41) is 0. The van der Waals surface area contributed by atoms with Gasteiger partial charge in [0.2, 0.25) is 0 Å². The zero-order valence-corrected chi connectivity index (χ0v) is 10.6. The van der Waals surface area contributed by atoms with E-state index >= 15 is 0 Å². The largest absolute Gasteiger partial charge is 0.309 e. The summed E-state index contributed by atoms with van der Waals surface area (Å²) in [5.41, 5.74) is 0.418. The number of carbonyl (C=O) groups is 1. The van der Waals surface area contributed by atoms with Crippen LogP contribution in [0.4, 0.5) is 0 Å². The summed E-state index contributed by atoms with van der Waals surface area (Å²) >= 11 is 0. The zero-order valence-electron chi connectivity index (χ0n) is 10.6. The maximum absolute atomic E-state index is 12.2. The average Bonchev–Trinajstić information content (AvgIpc) is 2.62. The third kappa shape index (κ3) is 1.63. The van der Waals surface area contributed by atoms with Gasteiger partial charge in [-0.1, -0.05) is 20.8 Å². The van der Waals surface area contributed by atoms with Crippen molar-refractivity contribution in [1.82, 2.24) is 4.90 Å². The highest BCUT2D eigenvalue weighted by Gasteiger charge is 2.64. The second kappa shape index (κ2) is 3.31. The fourth-order valence-corrected chi connectivity index (χ4v) is 3.67. The van der Waals surface area contributed by atoms with Gasteiger partial charge in [-0.25, -0.2) is 0 Å². The third-order valence-electron chi connectivity index (χ3n) is 4.59. The molecule has 2 nitrogen and oxygen atoms in total. The fraction of sp³-hybridized carbons (Fsp3) is 0.923. The molecule has 86 valence electrons. The monoisotopic (exact) mass is 209 g/mol. The van der Waals surface area contributed by atoms with Crippen molar-refractivity contribution in [1.29, 1.82) is 0 Å². The number of ketones is 1. The van der Waals surface area contributed by atoms with Gasteiger partial charge in [0, 0.05) is 18.4 Å². The van der Waals surface area contributed by atoms with Crippen molar-refractivity contribution in [3.05, 3.63) is 0 Å². The lowest BCUT2D eigenvalue weighted by Gasteiger charge is -2.27. The summed E-state index contributed by atoms with van der Waals surface area (Å²) in [5.74, 6) is 2.55. The molecule has 0 spiro atoms. The van der Waals surface area contributed by atoms with Crippen LogP contribution in [0, 0.1) is 29.1 Å². The van der Waals surface area contributed by atoms with Crippen molar-refractivity contribution in [2.45, 2.75) is 27.2 Å². The maximum Gasteiger partial charge on any atom is 0.140 e. The molecule has 0 amide bonds. The van der Waals surface area contributed by atoms with Gasteiger partial charge in [-0.2, -0.15) is 0 Å². The molecule has 1 unspecified atom stereocenters. The minimum atomic E-state index is 0.290. The Bertz CT molecular complexity index is 282. The maximum atomic E-state index is 12.2. The van der Waals surface area contributed by atoms with E-state index in [-0.39, 0.29) is 5.92 Å². The van der Waals surface area contributed by atoms with E-state index in [2.05, 4.69) is 39.8 Å². The Balaban J connectivity index is 2.16. The number of carbonyl (C=O) groups excluding carboxylic acids is 1. The van der Waals surface area contributed by atoms with Crippen LogP contribution >= 0.6 is 0 Å². The summed E-state index contributed by atoms with van der Waals surface area (Å²) in [6.07, 6.45) is 1.13. The minimum absolute atomic E-state index is 0.290. The predicted octanol–water partition coefficient (Wildman–Crippen LogP) is 2.05. The Morgan fingerprint density at radius 1 is 1.40 bits per heavy atom. The standard InChI is InChI=1S/C13H23NO/c1-8-6-10-11(13(10,2)3)9(12(8)15)7-14(4)5/h8-11H,6-7H2,1-5H3/t8-,9?,10+,11-/m1/s1. The fourth-order valence-electron chi connectivity index (χ4n) is 3.67. The SMILES string of the molecule is C[C@@H]1C[C@H]2[C@@H](C(CN(C)C)C1=O)C2(C)C. The van der Waals surface area contributed by atoms with Crippen molar-refractivity contribution in [2.75, 3.05) is 20.6 Å². The Labute approximate surface area is 93.0 Å². The Morgan fingerprint density at radius 3 is 2.53 bits per heavy atom. The highest BCUT2D eigenvalue weighted by atomic mass is 16.1. The molecule has 2 heteroatoms. The molecule has 2 rings (SSSR count). The second-order valence-electron chi connectivity index (χ2n) is 6.36. The molecular weight excluding hydrogens is 186 g/mol. The summed E-state index contributed by atoms with van der Waals surface area (Å²) in [6, 6.07) is 0. The molecule has 2 aliphatic rings. The van der Waals surface area contributed by atoms with E-state index in [0.29, 0.717) is 23.0 Å². The number of Topliss-reactive ketones (excluding diaryl/α,β-unsaturated/α-hetero) is 1. The Morgan fingerprint density at radius 2 is 2.00 bits per heavy atom. The highest BCUT2D eigenvalue weighted by Crippen LogP contribution is 2.66. The summed E-state index contributed by atoms with van der Waals surface area (Å²) in [4.78, 5) is 14.3. The van der Waals surface area contributed by atoms with E-state index in [1.807, 2.05) is 0 Å². The average molecular weight is 209 g/mol. The van der Waals surface area contributed by atoms with E-state index < -0.39 is 0 Å². The molecule has 0 radical (unpaired) electrons. The van der Waals surface area contributed by atoms with E-state index in [1.165, 1.54) is 0 Å². The van der Waals surface area contributed by atoms with Crippen LogP contribution in [0.25, 0.3) is 0 Å². The lowest BCUT2D eigenvalue weighted by atomic mass is 9.81. The van der Waals surface area contributed by atoms with Gasteiger partial charge in [-0.05, 0) is 37.8 Å². The molecule has 0 N–H and O–H groups in total. The lowest BCUT2D eigenvalue weighted by molar-refractivity contribution is -0.129. The normalized spacial score (nSPS) is 42.9. The molecule has 0 saturated heterocycles. The van der Waals surface area contributed by atoms with Crippen LogP contribution < -0.4 is 0 Å². The Kier molecular flexibility index (Phi) is 2.45. The van der Waals surface area contributed by atoms with Crippen molar-refractivity contribution in [3.63, 3.8) is 0 Å². The van der Waals surface area contributed by atoms with Gasteiger partial charge < -0.3 is 4.90 Å². The van der Waals surface area contributed by atoms with Crippen LogP contribution in [0.2, 0.25) is 0 Å². The number of nitrogens with zero attached hydrogens (tertiary/aromatic N) is 1. The molecule has 0 aliphatic heterocycles. The summed E-state index contributed by atoms with van der Waals surface area (Å²) in [6.45, 7) is 7.70. The van der Waals surface area contributed by atoms with E-state index in [0.717, 1.165) is 18.9 Å². The molecule has 0 heterocycles. The molecule has 2 saturated carbocycles. The highest BCUT2D eigenvalue weighted by molar-refractivity contribution is 5.85. The van der Waals surface area contributed by atoms with Crippen molar-refractivity contribution in [2.24, 2.45) is 29.1 Å². The second-order valence-corrected chi connectivity index (χ2v) is 6.36. The molecule has 0 bridgehead atoms. The molecule has 0 aromatic rings. The summed E-state index contributed by atoms with van der Waals surface area (Å²) < 4.78 is 0. The van der Waals surface area contributed by atoms with Gasteiger partial charge in [0.05, 0.1) is 0 Å². The number of rotatable bonds is 2. The van der Waals surface area contributed by atoms with Gasteiger partial charge >= 0.3 is 0 Å². The Hall–Kier alpha value is -0.370. The van der Waals surface area contributed by atoms with Crippen LogP contribution in [0.15, 0.2) is 0 Å². The van der Waals surface area contributed by atoms with Crippen molar-refractivity contribution >= 4 is 5.78 Å². The number of hydrogen-bond donors (Lipinski definition) is 0. The van der Waals surface area contributed by atoms with Gasteiger partial charge in [-0.3, -0.25) is 4.79 Å². The molecule has 4 atom stereocenters. The first-order valence-corrected chi connectivity index (χ1v) is 6.04. The smallest absolute Gasteiger partial charge is 0.140 e. The van der Waals surface area contributed by atoms with Gasteiger partial charge in [-0.15, -0.1) is 0 Å². The molecule has 0 aromatic heterocycles.